The van der Waals surface area contributed by atoms with Gasteiger partial charge in [-0.1, -0.05) is 0 Å². The molecule has 2 N–H and O–H groups in total. The van der Waals surface area contributed by atoms with E-state index in [-0.39, 0.29) is 0 Å². The second-order valence-electron chi connectivity index (χ2n) is 3.26. The molecule has 1 unspecified atom stereocenters. The third-order valence-electron chi connectivity index (χ3n) is 2.11. The molecule has 1 atom stereocenters. The number of aromatic amines is 1. The minimum Gasteiger partial charge on any atom is -0.357 e. The fourth-order valence-corrected chi connectivity index (χ4v) is 1.38. The van der Waals surface area contributed by atoms with Gasteiger partial charge >= 0.3 is 6.18 Å². The summed E-state index contributed by atoms with van der Waals surface area (Å²) in [5.41, 5.74) is -0.615. The fourth-order valence-electron chi connectivity index (χ4n) is 1.38. The summed E-state index contributed by atoms with van der Waals surface area (Å²) in [6.45, 7) is 1.27. The van der Waals surface area contributed by atoms with Gasteiger partial charge in [-0.2, -0.15) is 18.3 Å². The molecular formula is C8H10F3N3O. The van der Waals surface area contributed by atoms with Gasteiger partial charge in [0.1, 0.15) is 0 Å². The first-order valence-electron chi connectivity index (χ1n) is 4.55. The van der Waals surface area contributed by atoms with Crippen molar-refractivity contribution in [3.63, 3.8) is 0 Å². The summed E-state index contributed by atoms with van der Waals surface area (Å²) in [5, 5.41) is 8.46. The fraction of sp³-hybridized carbons (Fsp3) is 0.625. The molecule has 0 aliphatic carbocycles. The van der Waals surface area contributed by atoms with Crippen molar-refractivity contribution in [2.75, 3.05) is 13.2 Å². The zero-order valence-corrected chi connectivity index (χ0v) is 7.77. The Morgan fingerprint density at radius 1 is 1.47 bits per heavy atom. The van der Waals surface area contributed by atoms with Crippen molar-refractivity contribution < 1.29 is 17.9 Å². The largest absolute Gasteiger partial charge is 0.435 e. The molecule has 1 saturated heterocycles. The molecule has 1 aliphatic rings. The van der Waals surface area contributed by atoms with E-state index in [0.29, 0.717) is 12.3 Å². The Morgan fingerprint density at radius 2 is 2.27 bits per heavy atom. The number of halogens is 3. The van der Waals surface area contributed by atoms with Gasteiger partial charge in [-0.05, 0) is 12.5 Å². The highest BCUT2D eigenvalue weighted by Gasteiger charge is 2.34. The smallest absolute Gasteiger partial charge is 0.357 e. The van der Waals surface area contributed by atoms with Crippen LogP contribution in [0.15, 0.2) is 6.07 Å². The first kappa shape index (κ1) is 10.4. The summed E-state index contributed by atoms with van der Waals surface area (Å²) in [5.74, 6) is 0. The molecule has 15 heavy (non-hydrogen) atoms. The Labute approximate surface area is 83.8 Å². The third-order valence-corrected chi connectivity index (χ3v) is 2.11. The summed E-state index contributed by atoms with van der Waals surface area (Å²) in [6.07, 6.45) is -4.07. The van der Waals surface area contributed by atoms with Crippen LogP contribution in [0.1, 0.15) is 24.0 Å². The van der Waals surface area contributed by atoms with Crippen LogP contribution in [0, 0.1) is 0 Å². The standard InChI is InChI=1S/C8H10F3N3O/c9-8(10,11)6-4-5(13-14-6)7-12-2-1-3-15-7/h4,7,12H,1-3H2,(H,13,14). The van der Waals surface area contributed by atoms with Crippen LogP contribution in [-0.2, 0) is 10.9 Å². The summed E-state index contributed by atoms with van der Waals surface area (Å²) in [6, 6.07) is 0.961. The van der Waals surface area contributed by atoms with Crippen molar-refractivity contribution in [1.29, 1.82) is 0 Å². The molecule has 0 radical (unpaired) electrons. The van der Waals surface area contributed by atoms with Gasteiger partial charge < -0.3 is 4.74 Å². The molecule has 0 amide bonds. The molecule has 1 aromatic heterocycles. The van der Waals surface area contributed by atoms with Crippen LogP contribution in [0.25, 0.3) is 0 Å². The van der Waals surface area contributed by atoms with Crippen LogP contribution in [0.5, 0.6) is 0 Å². The van der Waals surface area contributed by atoms with E-state index in [2.05, 4.69) is 15.5 Å². The Morgan fingerprint density at radius 3 is 2.80 bits per heavy atom. The monoisotopic (exact) mass is 221 g/mol. The van der Waals surface area contributed by atoms with Crippen molar-refractivity contribution in [1.82, 2.24) is 15.5 Å². The van der Waals surface area contributed by atoms with Crippen molar-refractivity contribution in [2.24, 2.45) is 0 Å². The molecule has 2 rings (SSSR count). The molecular weight excluding hydrogens is 211 g/mol. The van der Waals surface area contributed by atoms with Crippen LogP contribution >= 0.6 is 0 Å². The Balaban J connectivity index is 2.12. The maximum Gasteiger partial charge on any atom is 0.435 e. The van der Waals surface area contributed by atoms with E-state index in [0.717, 1.165) is 19.0 Å². The lowest BCUT2D eigenvalue weighted by molar-refractivity contribution is -0.141. The summed E-state index contributed by atoms with van der Waals surface area (Å²) >= 11 is 0. The van der Waals surface area contributed by atoms with E-state index in [9.17, 15) is 13.2 Å². The molecule has 0 spiro atoms. The Hall–Kier alpha value is -1.08. The van der Waals surface area contributed by atoms with Crippen LogP contribution in [0.4, 0.5) is 13.2 Å². The predicted molar refractivity (Wildman–Crippen MR) is 44.9 cm³/mol. The van der Waals surface area contributed by atoms with E-state index >= 15 is 0 Å². The number of aromatic nitrogens is 2. The first-order valence-corrected chi connectivity index (χ1v) is 4.55. The Bertz CT molecular complexity index is 330. The molecule has 1 fully saturated rings. The molecule has 2 heterocycles. The van der Waals surface area contributed by atoms with E-state index < -0.39 is 18.1 Å². The molecule has 4 nitrogen and oxygen atoms in total. The number of nitrogens with one attached hydrogen (secondary N) is 2. The van der Waals surface area contributed by atoms with Crippen molar-refractivity contribution >= 4 is 0 Å². The van der Waals surface area contributed by atoms with Gasteiger partial charge in [-0.3, -0.25) is 10.4 Å². The molecule has 1 aromatic rings. The van der Waals surface area contributed by atoms with Gasteiger partial charge in [0.05, 0.1) is 12.3 Å². The molecule has 1 aliphatic heterocycles. The first-order chi connectivity index (χ1) is 7.07. The quantitative estimate of drug-likeness (QED) is 0.754. The highest BCUT2D eigenvalue weighted by molar-refractivity contribution is 5.13. The number of alkyl halides is 3. The second kappa shape index (κ2) is 3.82. The molecule has 0 aromatic carbocycles. The predicted octanol–water partition coefficient (Wildman–Crippen LogP) is 1.44. The van der Waals surface area contributed by atoms with Gasteiger partial charge in [0, 0.05) is 6.54 Å². The SMILES string of the molecule is FC(F)(F)c1cc(C2NCCCO2)[nH]n1. The lowest BCUT2D eigenvalue weighted by atomic mass is 10.3. The van der Waals surface area contributed by atoms with Crippen LogP contribution in [0.3, 0.4) is 0 Å². The van der Waals surface area contributed by atoms with Gasteiger partial charge in [-0.25, -0.2) is 0 Å². The molecule has 84 valence electrons. The number of hydrogen-bond donors (Lipinski definition) is 2. The average Bonchev–Trinajstić information content (AvgIpc) is 2.67. The highest BCUT2D eigenvalue weighted by Crippen LogP contribution is 2.29. The van der Waals surface area contributed by atoms with Crippen molar-refractivity contribution in [3.8, 4) is 0 Å². The number of rotatable bonds is 1. The number of nitrogens with zero attached hydrogens (tertiary/aromatic N) is 1. The van der Waals surface area contributed by atoms with E-state index in [1.54, 1.807) is 0 Å². The summed E-state index contributed by atoms with van der Waals surface area (Å²) in [4.78, 5) is 0. The zero-order valence-electron chi connectivity index (χ0n) is 7.77. The van der Waals surface area contributed by atoms with Crippen molar-refractivity contribution in [2.45, 2.75) is 18.8 Å². The second-order valence-corrected chi connectivity index (χ2v) is 3.26. The minimum atomic E-state index is -4.41. The number of hydrogen-bond acceptors (Lipinski definition) is 3. The van der Waals surface area contributed by atoms with Gasteiger partial charge in [0.2, 0.25) is 0 Å². The topological polar surface area (TPSA) is 49.9 Å². The number of H-pyrrole nitrogens is 1. The summed E-state index contributed by atoms with van der Waals surface area (Å²) < 4.78 is 41.9. The van der Waals surface area contributed by atoms with Gasteiger partial charge in [-0.15, -0.1) is 0 Å². The van der Waals surface area contributed by atoms with Crippen LogP contribution in [0.2, 0.25) is 0 Å². The van der Waals surface area contributed by atoms with Crippen LogP contribution in [-0.4, -0.2) is 23.3 Å². The molecule has 0 bridgehead atoms. The maximum absolute atomic E-state index is 12.2. The zero-order chi connectivity index (χ0) is 10.9. The normalized spacial score (nSPS) is 23.0. The Kier molecular flexibility index (Phi) is 2.66. The number of ether oxygens (including phenoxy) is 1. The molecule has 0 saturated carbocycles. The van der Waals surface area contributed by atoms with E-state index in [1.807, 2.05) is 0 Å². The average molecular weight is 221 g/mol. The van der Waals surface area contributed by atoms with E-state index in [4.69, 9.17) is 4.74 Å². The highest BCUT2D eigenvalue weighted by atomic mass is 19.4. The maximum atomic E-state index is 12.2. The molecule has 7 heteroatoms. The summed E-state index contributed by atoms with van der Waals surface area (Å²) in [7, 11) is 0. The van der Waals surface area contributed by atoms with Crippen molar-refractivity contribution in [3.05, 3.63) is 17.5 Å². The lowest BCUT2D eigenvalue weighted by Gasteiger charge is -2.22. The lowest BCUT2D eigenvalue weighted by Crippen LogP contribution is -2.31. The third kappa shape index (κ3) is 2.29. The van der Waals surface area contributed by atoms with E-state index in [1.165, 1.54) is 0 Å². The minimum absolute atomic E-state index is 0.307. The van der Waals surface area contributed by atoms with Gasteiger partial charge in [0.15, 0.2) is 11.9 Å². The van der Waals surface area contributed by atoms with Gasteiger partial charge in [0.25, 0.3) is 0 Å². The van der Waals surface area contributed by atoms with Crippen LogP contribution < -0.4 is 5.32 Å².